The van der Waals surface area contributed by atoms with Crippen molar-refractivity contribution < 1.29 is 9.53 Å². The van der Waals surface area contributed by atoms with Crippen molar-refractivity contribution in [1.29, 1.82) is 5.26 Å². The zero-order chi connectivity index (χ0) is 14.1. The lowest BCUT2D eigenvalue weighted by atomic mass is 10.1. The number of rotatable bonds is 7. The van der Waals surface area contributed by atoms with Gasteiger partial charge in [0.1, 0.15) is 0 Å². The van der Waals surface area contributed by atoms with E-state index in [9.17, 15) is 4.79 Å². The van der Waals surface area contributed by atoms with Crippen molar-refractivity contribution in [2.24, 2.45) is 0 Å². The lowest BCUT2D eigenvalue weighted by Gasteiger charge is -2.36. The molecule has 1 atom stereocenters. The third-order valence-corrected chi connectivity index (χ3v) is 3.64. The molecule has 0 aromatic heterocycles. The van der Waals surface area contributed by atoms with Gasteiger partial charge in [-0.2, -0.15) is 5.26 Å². The molecule has 1 saturated heterocycles. The molecule has 19 heavy (non-hydrogen) atoms. The molecular weight excluding hydrogens is 242 g/mol. The van der Waals surface area contributed by atoms with Gasteiger partial charge in [-0.1, -0.05) is 13.3 Å². The van der Waals surface area contributed by atoms with Crippen LogP contribution in [0.5, 0.6) is 0 Å². The second-order valence-electron chi connectivity index (χ2n) is 4.99. The van der Waals surface area contributed by atoms with E-state index in [-0.39, 0.29) is 12.0 Å². The first-order valence-electron chi connectivity index (χ1n) is 7.14. The van der Waals surface area contributed by atoms with Gasteiger partial charge in [-0.3, -0.25) is 9.69 Å². The normalized spacial score (nSPS) is 18.8. The van der Waals surface area contributed by atoms with Gasteiger partial charge in [-0.25, -0.2) is 0 Å². The SMILES string of the molecule is CCCC(C#N)N1CCN(CCCC(=O)OC)CC1. The van der Waals surface area contributed by atoms with Crippen molar-refractivity contribution in [3.63, 3.8) is 0 Å². The molecule has 1 aliphatic rings. The van der Waals surface area contributed by atoms with Gasteiger partial charge in [-0.15, -0.1) is 0 Å². The first-order chi connectivity index (χ1) is 9.21. The maximum absolute atomic E-state index is 11.0. The Labute approximate surface area is 116 Å². The van der Waals surface area contributed by atoms with Crippen LogP contribution in [-0.4, -0.2) is 61.6 Å². The summed E-state index contributed by atoms with van der Waals surface area (Å²) >= 11 is 0. The quantitative estimate of drug-likeness (QED) is 0.650. The van der Waals surface area contributed by atoms with Gasteiger partial charge >= 0.3 is 5.97 Å². The van der Waals surface area contributed by atoms with Gasteiger partial charge in [0.05, 0.1) is 19.2 Å². The molecule has 0 aliphatic carbocycles. The average Bonchev–Trinajstić information content (AvgIpc) is 2.45. The number of piperazine rings is 1. The van der Waals surface area contributed by atoms with E-state index in [2.05, 4.69) is 27.5 Å². The molecule has 0 aromatic carbocycles. The van der Waals surface area contributed by atoms with Gasteiger partial charge in [-0.05, 0) is 19.4 Å². The summed E-state index contributed by atoms with van der Waals surface area (Å²) in [6, 6.07) is 2.47. The van der Waals surface area contributed by atoms with Crippen molar-refractivity contribution in [2.75, 3.05) is 39.8 Å². The second kappa shape index (κ2) is 8.89. The fraction of sp³-hybridized carbons (Fsp3) is 0.857. The number of methoxy groups -OCH3 is 1. The maximum Gasteiger partial charge on any atom is 0.305 e. The molecule has 5 heteroatoms. The lowest BCUT2D eigenvalue weighted by molar-refractivity contribution is -0.140. The number of carbonyl (C=O) groups excluding carboxylic acids is 1. The van der Waals surface area contributed by atoms with Crippen LogP contribution >= 0.6 is 0 Å². The number of esters is 1. The van der Waals surface area contributed by atoms with Gasteiger partial charge in [0.2, 0.25) is 0 Å². The van der Waals surface area contributed by atoms with Crippen molar-refractivity contribution in [3.05, 3.63) is 0 Å². The molecule has 1 aliphatic heterocycles. The number of carbonyl (C=O) groups is 1. The van der Waals surface area contributed by atoms with Gasteiger partial charge in [0.25, 0.3) is 0 Å². The standard InChI is InChI=1S/C14H25N3O2/c1-3-5-13(12-15)17-10-8-16(9-11-17)7-4-6-14(18)19-2/h13H,3-11H2,1-2H3. The summed E-state index contributed by atoms with van der Waals surface area (Å²) in [7, 11) is 1.43. The van der Waals surface area contributed by atoms with Crippen LogP contribution in [0.2, 0.25) is 0 Å². The van der Waals surface area contributed by atoms with E-state index < -0.39 is 0 Å². The van der Waals surface area contributed by atoms with Crippen molar-refractivity contribution in [3.8, 4) is 6.07 Å². The Bertz CT molecular complexity index is 306. The summed E-state index contributed by atoms with van der Waals surface area (Å²) in [5.74, 6) is -0.133. The molecule has 1 heterocycles. The van der Waals surface area contributed by atoms with E-state index in [1.165, 1.54) is 7.11 Å². The average molecular weight is 267 g/mol. The van der Waals surface area contributed by atoms with Crippen LogP contribution in [0.4, 0.5) is 0 Å². The minimum atomic E-state index is -0.133. The van der Waals surface area contributed by atoms with E-state index >= 15 is 0 Å². The monoisotopic (exact) mass is 267 g/mol. The van der Waals surface area contributed by atoms with Crippen LogP contribution in [0.1, 0.15) is 32.6 Å². The van der Waals surface area contributed by atoms with E-state index in [4.69, 9.17) is 5.26 Å². The highest BCUT2D eigenvalue weighted by atomic mass is 16.5. The number of nitriles is 1. The summed E-state index contributed by atoms with van der Waals surface area (Å²) in [4.78, 5) is 15.7. The molecule has 108 valence electrons. The molecule has 1 rings (SSSR count). The summed E-state index contributed by atoms with van der Waals surface area (Å²) in [6.45, 7) is 6.94. The van der Waals surface area contributed by atoms with Crippen molar-refractivity contribution >= 4 is 5.97 Å². The van der Waals surface area contributed by atoms with Crippen LogP contribution < -0.4 is 0 Å². The predicted molar refractivity (Wildman–Crippen MR) is 73.6 cm³/mol. The van der Waals surface area contributed by atoms with Crippen LogP contribution in [0, 0.1) is 11.3 Å². The van der Waals surface area contributed by atoms with E-state index in [1.54, 1.807) is 0 Å². The summed E-state index contributed by atoms with van der Waals surface area (Å²) < 4.78 is 4.63. The van der Waals surface area contributed by atoms with E-state index in [0.29, 0.717) is 6.42 Å². The Kier molecular flexibility index (Phi) is 7.46. The van der Waals surface area contributed by atoms with Gasteiger partial charge in [0.15, 0.2) is 0 Å². The Morgan fingerprint density at radius 2 is 2.05 bits per heavy atom. The Morgan fingerprint density at radius 1 is 1.37 bits per heavy atom. The molecule has 1 fully saturated rings. The van der Waals surface area contributed by atoms with Crippen LogP contribution in [-0.2, 0) is 9.53 Å². The third-order valence-electron chi connectivity index (χ3n) is 3.64. The van der Waals surface area contributed by atoms with Crippen LogP contribution in [0.25, 0.3) is 0 Å². The molecule has 0 N–H and O–H groups in total. The summed E-state index contributed by atoms with van der Waals surface area (Å²) in [5.41, 5.74) is 0. The number of nitrogens with zero attached hydrogens (tertiary/aromatic N) is 3. The number of hydrogen-bond donors (Lipinski definition) is 0. The lowest BCUT2D eigenvalue weighted by Crippen LogP contribution is -2.50. The Hall–Kier alpha value is -1.12. The maximum atomic E-state index is 11.0. The van der Waals surface area contributed by atoms with E-state index in [1.807, 2.05) is 0 Å². The second-order valence-corrected chi connectivity index (χ2v) is 4.99. The summed E-state index contributed by atoms with van der Waals surface area (Å²) in [5, 5.41) is 9.15. The molecule has 0 bridgehead atoms. The Morgan fingerprint density at radius 3 is 2.58 bits per heavy atom. The minimum Gasteiger partial charge on any atom is -0.469 e. The highest BCUT2D eigenvalue weighted by Crippen LogP contribution is 2.11. The van der Waals surface area contributed by atoms with Gasteiger partial charge < -0.3 is 9.64 Å². The fourth-order valence-corrected chi connectivity index (χ4v) is 2.45. The molecule has 0 aromatic rings. The largest absolute Gasteiger partial charge is 0.469 e. The topological polar surface area (TPSA) is 56.6 Å². The third kappa shape index (κ3) is 5.58. The molecule has 0 radical (unpaired) electrons. The molecule has 0 spiro atoms. The zero-order valence-corrected chi connectivity index (χ0v) is 12.1. The highest BCUT2D eigenvalue weighted by Gasteiger charge is 2.22. The van der Waals surface area contributed by atoms with Crippen molar-refractivity contribution in [2.45, 2.75) is 38.6 Å². The molecule has 1 unspecified atom stereocenters. The minimum absolute atomic E-state index is 0.0715. The zero-order valence-electron chi connectivity index (χ0n) is 12.1. The molecule has 0 saturated carbocycles. The molecule has 0 amide bonds. The fourth-order valence-electron chi connectivity index (χ4n) is 2.45. The molecular formula is C14H25N3O2. The number of hydrogen-bond acceptors (Lipinski definition) is 5. The van der Waals surface area contributed by atoms with Crippen molar-refractivity contribution in [1.82, 2.24) is 9.80 Å². The smallest absolute Gasteiger partial charge is 0.305 e. The van der Waals surface area contributed by atoms with Gasteiger partial charge in [0, 0.05) is 32.6 Å². The first-order valence-corrected chi connectivity index (χ1v) is 7.14. The summed E-state index contributed by atoms with van der Waals surface area (Å²) in [6.07, 6.45) is 3.35. The molecule has 5 nitrogen and oxygen atoms in total. The van der Waals surface area contributed by atoms with Crippen LogP contribution in [0.15, 0.2) is 0 Å². The Balaban J connectivity index is 2.21. The first kappa shape index (κ1) is 15.9. The predicted octanol–water partition coefficient (Wildman–Crippen LogP) is 1.25. The van der Waals surface area contributed by atoms with Crippen LogP contribution in [0.3, 0.4) is 0 Å². The highest BCUT2D eigenvalue weighted by molar-refractivity contribution is 5.69. The number of ether oxygens (including phenoxy) is 1. The van der Waals surface area contributed by atoms with E-state index in [0.717, 1.165) is 52.0 Å².